The first-order valence-corrected chi connectivity index (χ1v) is 25.3. The van der Waals surface area contributed by atoms with Crippen molar-refractivity contribution in [1.82, 2.24) is 9.13 Å². The fourth-order valence-corrected chi connectivity index (χ4v) is 10.9. The Balaban J connectivity index is 1.64. The number of hydrogen-bond acceptors (Lipinski definition) is 0. The number of rotatable bonds is 4. The molecular formula is C66H74F2N2. The van der Waals surface area contributed by atoms with E-state index in [1.54, 1.807) is 12.1 Å². The van der Waals surface area contributed by atoms with E-state index in [0.717, 1.165) is 77.6 Å². The van der Waals surface area contributed by atoms with Crippen molar-refractivity contribution in [2.24, 2.45) is 0 Å². The molecule has 2 heterocycles. The summed E-state index contributed by atoms with van der Waals surface area (Å²) in [6.45, 7) is 41.1. The highest BCUT2D eigenvalue weighted by Gasteiger charge is 2.39. The van der Waals surface area contributed by atoms with Gasteiger partial charge in [0.05, 0.1) is 33.4 Å². The Kier molecular flexibility index (Phi) is 11.4. The highest BCUT2D eigenvalue weighted by molar-refractivity contribution is 6.13. The number of halogens is 2. The van der Waals surface area contributed by atoms with Crippen LogP contribution in [0.2, 0.25) is 0 Å². The molecule has 362 valence electrons. The molecule has 9 rings (SSSR count). The summed E-state index contributed by atoms with van der Waals surface area (Å²) in [5, 5.41) is 4.66. The van der Waals surface area contributed by atoms with E-state index in [9.17, 15) is 0 Å². The van der Waals surface area contributed by atoms with Crippen LogP contribution >= 0.6 is 0 Å². The molecule has 9 aromatic rings. The molecular weight excluding hydrogens is 859 g/mol. The fourth-order valence-electron chi connectivity index (χ4n) is 10.9. The number of aromatic nitrogens is 2. The predicted molar refractivity (Wildman–Crippen MR) is 298 cm³/mol. The molecule has 0 saturated carbocycles. The van der Waals surface area contributed by atoms with Crippen LogP contribution in [0.3, 0.4) is 0 Å². The van der Waals surface area contributed by atoms with Crippen molar-refractivity contribution in [1.29, 1.82) is 0 Å². The van der Waals surface area contributed by atoms with Crippen molar-refractivity contribution in [2.45, 2.75) is 157 Å². The van der Waals surface area contributed by atoms with Gasteiger partial charge in [-0.25, -0.2) is 8.78 Å². The van der Waals surface area contributed by atoms with Crippen LogP contribution in [-0.4, -0.2) is 9.13 Å². The second-order valence-electron chi connectivity index (χ2n) is 26.3. The van der Waals surface area contributed by atoms with Gasteiger partial charge in [-0.05, 0) is 150 Å². The van der Waals surface area contributed by atoms with Crippen molar-refractivity contribution in [3.63, 3.8) is 0 Å². The second kappa shape index (κ2) is 16.3. The zero-order valence-corrected chi connectivity index (χ0v) is 45.2. The van der Waals surface area contributed by atoms with E-state index >= 15 is 8.78 Å². The molecule has 0 aliphatic carbocycles. The molecule has 4 heteroatoms. The largest absolute Gasteiger partial charge is 0.309 e. The van der Waals surface area contributed by atoms with Crippen LogP contribution in [0.25, 0.3) is 77.2 Å². The summed E-state index contributed by atoms with van der Waals surface area (Å²) in [6, 6.07) is 42.1. The van der Waals surface area contributed by atoms with Gasteiger partial charge in [0.2, 0.25) is 0 Å². The molecule has 0 fully saturated rings. The third-order valence-electron chi connectivity index (χ3n) is 14.6. The molecule has 0 aliphatic heterocycles. The molecule has 0 bridgehead atoms. The summed E-state index contributed by atoms with van der Waals surface area (Å²) < 4.78 is 37.6. The molecule has 70 heavy (non-hydrogen) atoms. The van der Waals surface area contributed by atoms with E-state index in [-0.39, 0.29) is 33.3 Å². The van der Waals surface area contributed by atoms with Crippen molar-refractivity contribution in [2.75, 3.05) is 0 Å². The van der Waals surface area contributed by atoms with Gasteiger partial charge in [0, 0.05) is 32.7 Å². The van der Waals surface area contributed by atoms with Gasteiger partial charge in [0.15, 0.2) is 0 Å². The zero-order valence-electron chi connectivity index (χ0n) is 45.2. The van der Waals surface area contributed by atoms with Crippen molar-refractivity contribution < 1.29 is 8.78 Å². The van der Waals surface area contributed by atoms with E-state index in [0.29, 0.717) is 0 Å². The minimum absolute atomic E-state index is 0.0856. The molecule has 0 unspecified atom stereocenters. The highest BCUT2D eigenvalue weighted by Crippen LogP contribution is 2.55. The molecule has 0 radical (unpaired) electrons. The van der Waals surface area contributed by atoms with Gasteiger partial charge in [-0.15, -0.1) is 0 Å². The van der Waals surface area contributed by atoms with Crippen LogP contribution in [-0.2, 0) is 32.5 Å². The Morgan fingerprint density at radius 1 is 0.300 bits per heavy atom. The molecule has 0 saturated heterocycles. The van der Waals surface area contributed by atoms with Crippen molar-refractivity contribution in [3.8, 4) is 33.6 Å². The Morgan fingerprint density at radius 2 is 0.571 bits per heavy atom. The first-order chi connectivity index (χ1) is 32.4. The summed E-state index contributed by atoms with van der Waals surface area (Å²) in [4.78, 5) is 0. The number of hydrogen-bond donors (Lipinski definition) is 0. The van der Waals surface area contributed by atoms with Crippen molar-refractivity contribution in [3.05, 3.63) is 166 Å². The van der Waals surface area contributed by atoms with E-state index in [2.05, 4.69) is 219 Å². The summed E-state index contributed by atoms with van der Waals surface area (Å²) in [6.07, 6.45) is 0. The lowest BCUT2D eigenvalue weighted by atomic mass is 9.71. The lowest BCUT2D eigenvalue weighted by Gasteiger charge is -2.38. The maximum absolute atomic E-state index is 16.3. The summed E-state index contributed by atoms with van der Waals surface area (Å²) >= 11 is 0. The number of benzene rings is 7. The Bertz CT molecular complexity index is 3320. The first-order valence-electron chi connectivity index (χ1n) is 25.3. The molecule has 7 aromatic carbocycles. The van der Waals surface area contributed by atoms with E-state index < -0.39 is 10.8 Å². The topological polar surface area (TPSA) is 9.86 Å². The molecule has 0 spiro atoms. The molecule has 0 amide bonds. The van der Waals surface area contributed by atoms with Crippen LogP contribution in [0, 0.1) is 11.6 Å². The third kappa shape index (κ3) is 8.37. The number of nitrogens with zero attached hydrogens (tertiary/aromatic N) is 2. The second-order valence-corrected chi connectivity index (χ2v) is 26.3. The quantitative estimate of drug-likeness (QED) is 0.166. The highest BCUT2D eigenvalue weighted by atomic mass is 19.1. The van der Waals surface area contributed by atoms with Crippen LogP contribution in [0.15, 0.2) is 121 Å². The minimum Gasteiger partial charge on any atom is -0.309 e. The van der Waals surface area contributed by atoms with Crippen LogP contribution in [0.5, 0.6) is 0 Å². The molecule has 0 aliphatic rings. The van der Waals surface area contributed by atoms with Gasteiger partial charge in [0.1, 0.15) is 11.6 Å². The summed E-state index contributed by atoms with van der Waals surface area (Å²) in [5.74, 6) is -0.629. The van der Waals surface area contributed by atoms with Gasteiger partial charge >= 0.3 is 0 Å². The fraction of sp³-hybridized carbons (Fsp3) is 0.364. The van der Waals surface area contributed by atoms with Gasteiger partial charge in [-0.3, -0.25) is 0 Å². The lowest BCUT2D eigenvalue weighted by molar-refractivity contribution is 0.565. The summed E-state index contributed by atoms with van der Waals surface area (Å²) in [7, 11) is 0. The number of fused-ring (bicyclic) bond motifs is 6. The van der Waals surface area contributed by atoms with Crippen LogP contribution in [0.4, 0.5) is 8.78 Å². The van der Waals surface area contributed by atoms with E-state index in [4.69, 9.17) is 0 Å². The maximum atomic E-state index is 16.3. The zero-order chi connectivity index (χ0) is 51.0. The van der Waals surface area contributed by atoms with Gasteiger partial charge in [0.25, 0.3) is 0 Å². The maximum Gasteiger partial charge on any atom is 0.123 e. The molecule has 2 nitrogen and oxygen atoms in total. The Labute approximate surface area is 416 Å². The predicted octanol–water partition coefficient (Wildman–Crippen LogP) is 19.3. The van der Waals surface area contributed by atoms with Gasteiger partial charge < -0.3 is 9.13 Å². The van der Waals surface area contributed by atoms with E-state index in [1.165, 1.54) is 45.2 Å². The Hall–Kier alpha value is -6.00. The normalized spacial score (nSPS) is 13.4. The minimum atomic E-state index is -0.524. The van der Waals surface area contributed by atoms with Gasteiger partial charge in [-0.1, -0.05) is 173 Å². The standard InChI is InChI=1S/C66H74F2N2/c1-61(2,3)41-25-29-51-47(35-41)48-36-42(62(4,5)6)26-30-52(48)69(51)59-55(39-21-19-23-45(67)33-39)57(65(13,14)15)60(58(66(16,17)18)56(59)40-22-20-24-46(68)34-40)70-53-31-27-43(63(7,8)9)37-49(53)50-38-44(64(10,11)12)28-32-54(50)70/h19-38H,1-18H3. The smallest absolute Gasteiger partial charge is 0.123 e. The van der Waals surface area contributed by atoms with Crippen LogP contribution < -0.4 is 0 Å². The molecule has 0 atom stereocenters. The first kappa shape index (κ1) is 49.0. The van der Waals surface area contributed by atoms with E-state index in [1.807, 2.05) is 12.1 Å². The average Bonchev–Trinajstić information content (AvgIpc) is 3.74. The average molecular weight is 933 g/mol. The van der Waals surface area contributed by atoms with Crippen molar-refractivity contribution >= 4 is 43.6 Å². The molecule has 0 N–H and O–H groups in total. The van der Waals surface area contributed by atoms with Gasteiger partial charge in [-0.2, -0.15) is 0 Å². The Morgan fingerprint density at radius 3 is 0.814 bits per heavy atom. The van der Waals surface area contributed by atoms with Crippen LogP contribution in [0.1, 0.15) is 158 Å². The summed E-state index contributed by atoms with van der Waals surface area (Å²) in [5.41, 5.74) is 15.3. The monoisotopic (exact) mass is 933 g/mol. The SMILES string of the molecule is CC(C)(C)c1ccc2c(c1)c1cc(C(C)(C)C)ccc1n2-c1c(-c2cccc(F)c2)c(C(C)(C)C)c(-n2c3ccc(C(C)(C)C)cc3c3cc(C(C)(C)C)ccc32)c(C(C)(C)C)c1-c1cccc(F)c1. The third-order valence-corrected chi connectivity index (χ3v) is 14.6. The lowest BCUT2D eigenvalue weighted by Crippen LogP contribution is -2.26. The molecule has 2 aromatic heterocycles.